The summed E-state index contributed by atoms with van der Waals surface area (Å²) in [7, 11) is -3.49. The van der Waals surface area contributed by atoms with Crippen LogP contribution in [0.5, 0.6) is 0 Å². The fourth-order valence-electron chi connectivity index (χ4n) is 2.50. The molecule has 1 amide bonds. The zero-order chi connectivity index (χ0) is 21.4. The van der Waals surface area contributed by atoms with Crippen molar-refractivity contribution in [1.29, 1.82) is 0 Å². The number of nitrogens with one attached hydrogen (secondary N) is 1. The Kier molecular flexibility index (Phi) is 5.18. The van der Waals surface area contributed by atoms with Crippen LogP contribution in [0.1, 0.15) is 21.6 Å². The molecule has 0 aliphatic carbocycles. The van der Waals surface area contributed by atoms with Crippen LogP contribution in [-0.4, -0.2) is 35.3 Å². The summed E-state index contributed by atoms with van der Waals surface area (Å²) >= 11 is 0. The van der Waals surface area contributed by atoms with Crippen molar-refractivity contribution in [3.05, 3.63) is 65.5 Å². The number of carbonyl (C=O) groups excluding carboxylic acids is 1. The first-order valence-corrected chi connectivity index (χ1v) is 10.1. The Morgan fingerprint density at radius 1 is 1.14 bits per heavy atom. The fourth-order valence-corrected chi connectivity index (χ4v) is 3.17. The van der Waals surface area contributed by atoms with Crippen molar-refractivity contribution in [3.63, 3.8) is 0 Å². The second-order valence-corrected chi connectivity index (χ2v) is 8.26. The minimum absolute atomic E-state index is 0.0146. The molecule has 0 unspecified atom stereocenters. The van der Waals surface area contributed by atoms with Crippen molar-refractivity contribution in [3.8, 4) is 5.82 Å². The molecule has 2 aromatic heterocycles. The van der Waals surface area contributed by atoms with Crippen LogP contribution in [0.25, 0.3) is 5.82 Å². The van der Waals surface area contributed by atoms with E-state index in [9.17, 15) is 26.4 Å². The Balaban J connectivity index is 1.91. The standard InChI is InChI=1S/C18H15F3N4O3S/c1-11-8-16(23-17(26)12-4-3-5-14(9-12)29(2,27)28)25(24-11)15-7-6-13(10-22-15)18(19,20)21/h3-10H,1-2H3,(H,23,26). The van der Waals surface area contributed by atoms with Crippen LogP contribution >= 0.6 is 0 Å². The summed E-state index contributed by atoms with van der Waals surface area (Å²) in [5, 5.41) is 6.71. The molecule has 0 spiro atoms. The van der Waals surface area contributed by atoms with Crippen molar-refractivity contribution >= 4 is 21.6 Å². The molecule has 0 saturated carbocycles. The van der Waals surface area contributed by atoms with E-state index in [1.54, 1.807) is 6.92 Å². The van der Waals surface area contributed by atoms with Gasteiger partial charge in [0.05, 0.1) is 16.2 Å². The number of aryl methyl sites for hydroxylation is 1. The molecule has 0 fully saturated rings. The number of aromatic nitrogens is 3. The van der Waals surface area contributed by atoms with Crippen molar-refractivity contribution in [2.45, 2.75) is 18.0 Å². The van der Waals surface area contributed by atoms with Gasteiger partial charge in [0, 0.05) is 24.1 Å². The van der Waals surface area contributed by atoms with Crippen LogP contribution in [0.4, 0.5) is 19.0 Å². The number of amides is 1. The van der Waals surface area contributed by atoms with Crippen LogP contribution in [0.3, 0.4) is 0 Å². The average molecular weight is 424 g/mol. The second kappa shape index (κ2) is 7.32. The van der Waals surface area contributed by atoms with Gasteiger partial charge in [0.2, 0.25) is 0 Å². The third kappa shape index (κ3) is 4.62. The molecule has 0 bridgehead atoms. The third-order valence-corrected chi connectivity index (χ3v) is 5.00. The largest absolute Gasteiger partial charge is 0.417 e. The molecule has 7 nitrogen and oxygen atoms in total. The Bertz CT molecular complexity index is 1170. The molecule has 3 aromatic rings. The molecular formula is C18H15F3N4O3S. The highest BCUT2D eigenvalue weighted by Crippen LogP contribution is 2.29. The summed E-state index contributed by atoms with van der Waals surface area (Å²) in [6.07, 6.45) is -2.82. The van der Waals surface area contributed by atoms with E-state index in [1.165, 1.54) is 35.0 Å². The van der Waals surface area contributed by atoms with Gasteiger partial charge in [-0.05, 0) is 37.3 Å². The highest BCUT2D eigenvalue weighted by molar-refractivity contribution is 7.90. The third-order valence-electron chi connectivity index (χ3n) is 3.89. The highest BCUT2D eigenvalue weighted by Gasteiger charge is 2.30. The quantitative estimate of drug-likeness (QED) is 0.694. The van der Waals surface area contributed by atoms with Crippen molar-refractivity contribution in [2.24, 2.45) is 0 Å². The van der Waals surface area contributed by atoms with Crippen molar-refractivity contribution < 1.29 is 26.4 Å². The SMILES string of the molecule is Cc1cc(NC(=O)c2cccc(S(C)(=O)=O)c2)n(-c2ccc(C(F)(F)F)cn2)n1. The molecule has 0 aliphatic heterocycles. The predicted molar refractivity (Wildman–Crippen MR) is 98.6 cm³/mol. The normalized spacial score (nSPS) is 12.0. The number of anilines is 1. The topological polar surface area (TPSA) is 94.0 Å². The molecule has 3 rings (SSSR count). The molecule has 0 aliphatic rings. The van der Waals surface area contributed by atoms with E-state index in [2.05, 4.69) is 15.4 Å². The van der Waals surface area contributed by atoms with Crippen LogP contribution in [0.2, 0.25) is 0 Å². The van der Waals surface area contributed by atoms with E-state index in [1.807, 2.05) is 0 Å². The maximum atomic E-state index is 12.7. The Morgan fingerprint density at radius 3 is 2.45 bits per heavy atom. The number of nitrogens with zero attached hydrogens (tertiary/aromatic N) is 3. The van der Waals surface area contributed by atoms with Crippen molar-refractivity contribution in [1.82, 2.24) is 14.8 Å². The van der Waals surface area contributed by atoms with E-state index in [-0.39, 0.29) is 22.1 Å². The minimum Gasteiger partial charge on any atom is -0.306 e. The number of carbonyl (C=O) groups is 1. The van der Waals surface area contributed by atoms with Gasteiger partial charge in [-0.25, -0.2) is 13.4 Å². The zero-order valence-corrected chi connectivity index (χ0v) is 16.0. The van der Waals surface area contributed by atoms with E-state index < -0.39 is 27.5 Å². The number of hydrogen-bond donors (Lipinski definition) is 1. The molecule has 152 valence electrons. The van der Waals surface area contributed by atoms with Crippen molar-refractivity contribution in [2.75, 3.05) is 11.6 Å². The predicted octanol–water partition coefficient (Wildman–Crippen LogP) is 3.25. The first-order chi connectivity index (χ1) is 13.4. The monoisotopic (exact) mass is 424 g/mol. The summed E-state index contributed by atoms with van der Waals surface area (Å²) in [5.41, 5.74) is -0.320. The molecule has 2 heterocycles. The summed E-state index contributed by atoms with van der Waals surface area (Å²) in [6.45, 7) is 1.64. The fraction of sp³-hybridized carbons (Fsp3) is 0.167. The second-order valence-electron chi connectivity index (χ2n) is 6.24. The Morgan fingerprint density at radius 2 is 1.86 bits per heavy atom. The van der Waals surface area contributed by atoms with E-state index >= 15 is 0 Å². The first kappa shape index (κ1) is 20.5. The number of sulfone groups is 1. The van der Waals surface area contributed by atoms with Gasteiger partial charge >= 0.3 is 6.18 Å². The number of rotatable bonds is 4. The van der Waals surface area contributed by atoms with Crippen LogP contribution < -0.4 is 5.32 Å². The van der Waals surface area contributed by atoms with Crippen LogP contribution in [0.15, 0.2) is 53.6 Å². The maximum absolute atomic E-state index is 12.7. The zero-order valence-electron chi connectivity index (χ0n) is 15.2. The van der Waals surface area contributed by atoms with E-state index in [4.69, 9.17) is 0 Å². The minimum atomic E-state index is -4.52. The average Bonchev–Trinajstić information content (AvgIpc) is 3.00. The lowest BCUT2D eigenvalue weighted by atomic mass is 10.2. The van der Waals surface area contributed by atoms with Gasteiger partial charge in [0.1, 0.15) is 5.82 Å². The molecule has 0 radical (unpaired) electrons. The van der Waals surface area contributed by atoms with Gasteiger partial charge in [-0.3, -0.25) is 4.79 Å². The molecular weight excluding hydrogens is 409 g/mol. The first-order valence-electron chi connectivity index (χ1n) is 8.17. The maximum Gasteiger partial charge on any atom is 0.417 e. The van der Waals surface area contributed by atoms with E-state index in [0.29, 0.717) is 11.9 Å². The summed E-state index contributed by atoms with van der Waals surface area (Å²) in [5.74, 6) is -0.362. The summed E-state index contributed by atoms with van der Waals surface area (Å²) in [4.78, 5) is 16.3. The lowest BCUT2D eigenvalue weighted by molar-refractivity contribution is -0.137. The number of halogens is 3. The Hall–Kier alpha value is -3.21. The number of benzene rings is 1. The van der Waals surface area contributed by atoms with E-state index in [0.717, 1.165) is 18.4 Å². The smallest absolute Gasteiger partial charge is 0.306 e. The highest BCUT2D eigenvalue weighted by atomic mass is 32.2. The van der Waals surface area contributed by atoms with Gasteiger partial charge in [-0.1, -0.05) is 6.07 Å². The van der Waals surface area contributed by atoms with Crippen LogP contribution in [0, 0.1) is 6.92 Å². The summed E-state index contributed by atoms with van der Waals surface area (Å²) in [6, 6.07) is 8.98. The molecule has 29 heavy (non-hydrogen) atoms. The lowest BCUT2D eigenvalue weighted by Gasteiger charge is -2.10. The molecule has 11 heteroatoms. The summed E-state index contributed by atoms with van der Waals surface area (Å²) < 4.78 is 62.7. The molecule has 0 saturated heterocycles. The Labute approximate surface area is 164 Å². The number of pyridine rings is 1. The van der Waals surface area contributed by atoms with Gasteiger partial charge in [0.15, 0.2) is 15.7 Å². The molecule has 0 atom stereocenters. The lowest BCUT2D eigenvalue weighted by Crippen LogP contribution is -2.16. The van der Waals surface area contributed by atoms with Gasteiger partial charge < -0.3 is 5.32 Å². The molecule has 1 aromatic carbocycles. The molecule has 1 N–H and O–H groups in total. The van der Waals surface area contributed by atoms with Gasteiger partial charge in [-0.15, -0.1) is 0 Å². The number of hydrogen-bond acceptors (Lipinski definition) is 5. The van der Waals surface area contributed by atoms with Crippen LogP contribution in [-0.2, 0) is 16.0 Å². The van der Waals surface area contributed by atoms with Gasteiger partial charge in [0.25, 0.3) is 5.91 Å². The number of alkyl halides is 3. The van der Waals surface area contributed by atoms with Gasteiger partial charge in [-0.2, -0.15) is 23.0 Å².